The third-order valence-electron chi connectivity index (χ3n) is 5.40. The highest BCUT2D eigenvalue weighted by Crippen LogP contribution is 2.28. The molecule has 0 radical (unpaired) electrons. The fraction of sp³-hybridized carbons (Fsp3) is 0.391. The Kier molecular flexibility index (Phi) is 6.07. The monoisotopic (exact) mass is 409 g/mol. The molecule has 0 saturated carbocycles. The lowest BCUT2D eigenvalue weighted by Crippen LogP contribution is -2.36. The third kappa shape index (κ3) is 4.35. The fourth-order valence-corrected chi connectivity index (χ4v) is 3.85. The smallest absolute Gasteiger partial charge is 0.322 e. The van der Waals surface area contributed by atoms with Crippen molar-refractivity contribution in [3.8, 4) is 11.5 Å². The van der Waals surface area contributed by atoms with Gasteiger partial charge in [-0.2, -0.15) is 0 Å². The number of carbonyl (C=O) groups is 2. The molecule has 1 N–H and O–H groups in total. The molecule has 1 fully saturated rings. The van der Waals surface area contributed by atoms with E-state index in [-0.39, 0.29) is 11.9 Å². The van der Waals surface area contributed by atoms with Crippen LogP contribution in [0.5, 0.6) is 11.5 Å². The number of hydrogen-bond acceptors (Lipinski definition) is 4. The number of amides is 3. The van der Waals surface area contributed by atoms with E-state index in [4.69, 9.17) is 9.47 Å². The van der Waals surface area contributed by atoms with Crippen molar-refractivity contribution >= 4 is 17.6 Å². The topological polar surface area (TPSA) is 71.1 Å². The summed E-state index contributed by atoms with van der Waals surface area (Å²) in [6.45, 7) is 5.26. The van der Waals surface area contributed by atoms with Gasteiger partial charge in [0, 0.05) is 24.2 Å². The van der Waals surface area contributed by atoms with Crippen LogP contribution in [-0.4, -0.2) is 54.6 Å². The first kappa shape index (κ1) is 20.1. The molecule has 7 nitrogen and oxygen atoms in total. The van der Waals surface area contributed by atoms with Gasteiger partial charge in [-0.3, -0.25) is 4.79 Å². The molecular weight excluding hydrogens is 382 g/mol. The number of urea groups is 1. The van der Waals surface area contributed by atoms with Crippen molar-refractivity contribution in [1.29, 1.82) is 0 Å². The second-order valence-electron chi connectivity index (χ2n) is 7.45. The second kappa shape index (κ2) is 9.07. The molecule has 0 spiro atoms. The molecule has 7 heteroatoms. The van der Waals surface area contributed by atoms with Crippen LogP contribution in [0.25, 0.3) is 0 Å². The molecule has 2 aromatic carbocycles. The van der Waals surface area contributed by atoms with Gasteiger partial charge in [-0.15, -0.1) is 0 Å². The zero-order valence-corrected chi connectivity index (χ0v) is 17.2. The normalized spacial score (nSPS) is 15.8. The number of benzene rings is 2. The Morgan fingerprint density at radius 1 is 1.07 bits per heavy atom. The van der Waals surface area contributed by atoms with Crippen molar-refractivity contribution in [2.45, 2.75) is 26.3 Å². The van der Waals surface area contributed by atoms with E-state index < -0.39 is 0 Å². The number of fused-ring (bicyclic) bond motifs is 1. The molecular formula is C23H27N3O4. The van der Waals surface area contributed by atoms with Gasteiger partial charge in [-0.05, 0) is 50.1 Å². The molecule has 0 aromatic heterocycles. The maximum Gasteiger partial charge on any atom is 0.322 e. The molecule has 2 heterocycles. The number of carbonyl (C=O) groups excluding carboxylic acids is 2. The van der Waals surface area contributed by atoms with Gasteiger partial charge in [0.25, 0.3) is 5.91 Å². The summed E-state index contributed by atoms with van der Waals surface area (Å²) in [5, 5.41) is 2.94. The molecule has 0 atom stereocenters. The first-order chi connectivity index (χ1) is 14.7. The molecule has 0 unspecified atom stereocenters. The molecule has 2 aliphatic rings. The standard InChI is InChI=1S/C23H27N3O4/c1-2-29-21-8-4-3-7-19(21)24-23(28)26-13-14-30-20-10-9-17(15-18(20)16-26)22(27)25-11-5-6-12-25/h3-4,7-10,15H,2,5-6,11-14,16H2,1H3,(H,24,28). The van der Waals surface area contributed by atoms with Crippen molar-refractivity contribution in [3.63, 3.8) is 0 Å². The lowest BCUT2D eigenvalue weighted by atomic mass is 10.1. The predicted molar refractivity (Wildman–Crippen MR) is 114 cm³/mol. The van der Waals surface area contributed by atoms with Crippen LogP contribution in [-0.2, 0) is 6.54 Å². The highest BCUT2D eigenvalue weighted by atomic mass is 16.5. The van der Waals surface area contributed by atoms with Crippen LogP contribution in [0.1, 0.15) is 35.7 Å². The van der Waals surface area contributed by atoms with Crippen LogP contribution < -0.4 is 14.8 Å². The van der Waals surface area contributed by atoms with Crippen molar-refractivity contribution in [2.75, 3.05) is 38.2 Å². The van der Waals surface area contributed by atoms with Crippen LogP contribution in [0.4, 0.5) is 10.5 Å². The summed E-state index contributed by atoms with van der Waals surface area (Å²) in [6.07, 6.45) is 2.11. The zero-order valence-electron chi connectivity index (χ0n) is 17.2. The maximum absolute atomic E-state index is 12.9. The highest BCUT2D eigenvalue weighted by molar-refractivity contribution is 5.95. The summed E-state index contributed by atoms with van der Waals surface area (Å²) in [5.41, 5.74) is 2.11. The summed E-state index contributed by atoms with van der Waals surface area (Å²) in [6, 6.07) is 12.7. The van der Waals surface area contributed by atoms with Crippen molar-refractivity contribution in [3.05, 3.63) is 53.6 Å². The van der Waals surface area contributed by atoms with E-state index in [2.05, 4.69) is 5.32 Å². The summed E-state index contributed by atoms with van der Waals surface area (Å²) in [7, 11) is 0. The molecule has 2 aliphatic heterocycles. The average molecular weight is 409 g/mol. The Labute approximate surface area is 176 Å². The Morgan fingerprint density at radius 2 is 1.87 bits per heavy atom. The SMILES string of the molecule is CCOc1ccccc1NC(=O)N1CCOc2ccc(C(=O)N3CCCC3)cc2C1. The van der Waals surface area contributed by atoms with Crippen molar-refractivity contribution < 1.29 is 19.1 Å². The first-order valence-corrected chi connectivity index (χ1v) is 10.5. The van der Waals surface area contributed by atoms with E-state index in [0.717, 1.165) is 37.2 Å². The van der Waals surface area contributed by atoms with Crippen LogP contribution in [0.2, 0.25) is 0 Å². The van der Waals surface area contributed by atoms with E-state index in [1.807, 2.05) is 54.3 Å². The number of ether oxygens (including phenoxy) is 2. The number of likely N-dealkylation sites (tertiary alicyclic amines) is 1. The number of rotatable bonds is 4. The van der Waals surface area contributed by atoms with E-state index in [9.17, 15) is 9.59 Å². The van der Waals surface area contributed by atoms with Crippen molar-refractivity contribution in [1.82, 2.24) is 9.80 Å². The molecule has 2 aromatic rings. The van der Waals surface area contributed by atoms with Gasteiger partial charge in [0.1, 0.15) is 18.1 Å². The van der Waals surface area contributed by atoms with E-state index >= 15 is 0 Å². The fourth-order valence-electron chi connectivity index (χ4n) is 3.85. The Morgan fingerprint density at radius 3 is 2.67 bits per heavy atom. The molecule has 30 heavy (non-hydrogen) atoms. The predicted octanol–water partition coefficient (Wildman–Crippen LogP) is 3.75. The minimum absolute atomic E-state index is 0.0428. The Balaban J connectivity index is 1.50. The van der Waals surface area contributed by atoms with E-state index in [1.165, 1.54) is 0 Å². The molecule has 0 bridgehead atoms. The van der Waals surface area contributed by atoms with E-state index in [0.29, 0.717) is 43.3 Å². The molecule has 0 aliphatic carbocycles. The lowest BCUT2D eigenvalue weighted by molar-refractivity contribution is 0.0792. The van der Waals surface area contributed by atoms with Gasteiger partial charge in [-0.25, -0.2) is 4.79 Å². The van der Waals surface area contributed by atoms with Crippen molar-refractivity contribution in [2.24, 2.45) is 0 Å². The highest BCUT2D eigenvalue weighted by Gasteiger charge is 2.24. The minimum Gasteiger partial charge on any atom is -0.492 e. The molecule has 158 valence electrons. The van der Waals surface area contributed by atoms with Crippen LogP contribution >= 0.6 is 0 Å². The number of nitrogens with one attached hydrogen (secondary N) is 1. The first-order valence-electron chi connectivity index (χ1n) is 10.5. The van der Waals surface area contributed by atoms with Crippen LogP contribution in [0, 0.1) is 0 Å². The van der Waals surface area contributed by atoms with Gasteiger partial charge in [0.2, 0.25) is 0 Å². The van der Waals surface area contributed by atoms with Gasteiger partial charge in [0.05, 0.1) is 25.4 Å². The second-order valence-corrected chi connectivity index (χ2v) is 7.45. The third-order valence-corrected chi connectivity index (χ3v) is 5.40. The Hall–Kier alpha value is -3.22. The summed E-state index contributed by atoms with van der Waals surface area (Å²) >= 11 is 0. The number of para-hydroxylation sites is 2. The average Bonchev–Trinajstić information content (AvgIpc) is 3.21. The maximum atomic E-state index is 12.9. The minimum atomic E-state index is -0.227. The number of hydrogen-bond donors (Lipinski definition) is 1. The Bertz CT molecular complexity index is 924. The molecule has 1 saturated heterocycles. The van der Waals surface area contributed by atoms with E-state index in [1.54, 1.807) is 4.90 Å². The number of nitrogens with zero attached hydrogens (tertiary/aromatic N) is 2. The quantitative estimate of drug-likeness (QED) is 0.835. The van der Waals surface area contributed by atoms with Gasteiger partial charge >= 0.3 is 6.03 Å². The zero-order chi connectivity index (χ0) is 20.9. The summed E-state index contributed by atoms with van der Waals surface area (Å²) in [4.78, 5) is 29.3. The molecule has 3 amide bonds. The van der Waals surface area contributed by atoms with Gasteiger partial charge < -0.3 is 24.6 Å². The van der Waals surface area contributed by atoms with Gasteiger partial charge in [0.15, 0.2) is 0 Å². The summed E-state index contributed by atoms with van der Waals surface area (Å²) in [5.74, 6) is 1.40. The lowest BCUT2D eigenvalue weighted by Gasteiger charge is -2.22. The summed E-state index contributed by atoms with van der Waals surface area (Å²) < 4.78 is 11.4. The van der Waals surface area contributed by atoms with Crippen LogP contribution in [0.15, 0.2) is 42.5 Å². The largest absolute Gasteiger partial charge is 0.492 e. The molecule has 4 rings (SSSR count). The van der Waals surface area contributed by atoms with Crippen LogP contribution in [0.3, 0.4) is 0 Å². The number of anilines is 1. The van der Waals surface area contributed by atoms with Gasteiger partial charge in [-0.1, -0.05) is 12.1 Å².